The first-order chi connectivity index (χ1) is 23.8. The molecule has 10 rings (SSSR count). The summed E-state index contributed by atoms with van der Waals surface area (Å²) >= 11 is 0. The van der Waals surface area contributed by atoms with Crippen molar-refractivity contribution in [2.45, 2.75) is 6.17 Å². The molecule has 7 aromatic carbocycles. The van der Waals surface area contributed by atoms with Crippen LogP contribution < -0.4 is 5.32 Å². The van der Waals surface area contributed by atoms with Crippen molar-refractivity contribution in [3.63, 3.8) is 0 Å². The molecular weight excluding hydrogens is 583 g/mol. The zero-order valence-corrected chi connectivity index (χ0v) is 26.2. The third kappa shape index (κ3) is 4.01. The first-order valence-electron chi connectivity index (χ1n) is 16.6. The van der Waals surface area contributed by atoms with Crippen LogP contribution in [0.25, 0.3) is 76.8 Å². The van der Waals surface area contributed by atoms with Gasteiger partial charge < -0.3 is 14.5 Å². The maximum absolute atomic E-state index is 3.71. The second-order valence-electron chi connectivity index (χ2n) is 12.6. The number of hydrogen-bond donors (Lipinski definition) is 1. The molecule has 3 nitrogen and oxygen atoms in total. The molecule has 1 N–H and O–H groups in total. The normalized spacial score (nSPS) is 14.7. The van der Waals surface area contributed by atoms with E-state index in [0.717, 1.165) is 5.69 Å². The second kappa shape index (κ2) is 10.6. The van der Waals surface area contributed by atoms with Crippen LogP contribution in [0, 0.1) is 0 Å². The molecule has 0 aliphatic carbocycles. The summed E-state index contributed by atoms with van der Waals surface area (Å²) in [6.07, 6.45) is 6.35. The van der Waals surface area contributed by atoms with E-state index in [1.54, 1.807) is 0 Å². The van der Waals surface area contributed by atoms with E-state index in [9.17, 15) is 0 Å². The highest BCUT2D eigenvalue weighted by Crippen LogP contribution is 2.44. The van der Waals surface area contributed by atoms with Crippen LogP contribution in [0.4, 0.5) is 0 Å². The minimum absolute atomic E-state index is 0.0479. The zero-order chi connectivity index (χ0) is 31.6. The number of aromatic nitrogens is 2. The lowest BCUT2D eigenvalue weighted by Crippen LogP contribution is -2.25. The van der Waals surface area contributed by atoms with Gasteiger partial charge in [0.05, 0.1) is 22.1 Å². The molecule has 48 heavy (non-hydrogen) atoms. The largest absolute Gasteiger partial charge is 0.367 e. The number of rotatable bonds is 4. The van der Waals surface area contributed by atoms with Gasteiger partial charge in [0.2, 0.25) is 0 Å². The van der Waals surface area contributed by atoms with Crippen molar-refractivity contribution < 1.29 is 0 Å². The average molecular weight is 614 g/mol. The number of dihydropyridines is 1. The van der Waals surface area contributed by atoms with Crippen molar-refractivity contribution in [1.82, 2.24) is 14.5 Å². The van der Waals surface area contributed by atoms with Crippen LogP contribution in [0.5, 0.6) is 0 Å². The molecular formula is C45H31N3. The summed E-state index contributed by atoms with van der Waals surface area (Å²) in [6.45, 7) is 0. The van der Waals surface area contributed by atoms with E-state index in [1.807, 2.05) is 0 Å². The summed E-state index contributed by atoms with van der Waals surface area (Å²) in [5, 5.41) is 11.3. The van der Waals surface area contributed by atoms with Crippen LogP contribution in [0.15, 0.2) is 176 Å². The fourth-order valence-corrected chi connectivity index (χ4v) is 7.85. The fraction of sp³-hybridized carbons (Fsp3) is 0.0222. The Labute approximate surface area is 278 Å². The minimum Gasteiger partial charge on any atom is -0.367 e. The maximum Gasteiger partial charge on any atom is 0.130 e. The highest BCUT2D eigenvalue weighted by Gasteiger charge is 2.25. The van der Waals surface area contributed by atoms with Crippen LogP contribution in [-0.2, 0) is 0 Å². The van der Waals surface area contributed by atoms with Crippen LogP contribution in [0.3, 0.4) is 0 Å². The summed E-state index contributed by atoms with van der Waals surface area (Å²) in [4.78, 5) is 0. The molecule has 0 radical (unpaired) electrons. The number of benzene rings is 7. The van der Waals surface area contributed by atoms with E-state index in [-0.39, 0.29) is 6.17 Å². The Balaban J connectivity index is 1.19. The van der Waals surface area contributed by atoms with Crippen molar-refractivity contribution in [2.75, 3.05) is 0 Å². The predicted molar refractivity (Wildman–Crippen MR) is 202 cm³/mol. The SMILES string of the molecule is C1=CNC(n2c3ccccc3c3c4c5ccccc5n(-c5ccc(-c6ccc7ccccc7c6)cc5)c4ccc32)C(c2ccccc2)=C1. The molecule has 9 aromatic rings. The first-order valence-corrected chi connectivity index (χ1v) is 16.6. The highest BCUT2D eigenvalue weighted by atomic mass is 15.2. The lowest BCUT2D eigenvalue weighted by Gasteiger charge is -2.27. The van der Waals surface area contributed by atoms with E-state index >= 15 is 0 Å². The Bertz CT molecular complexity index is 2740. The van der Waals surface area contributed by atoms with Crippen molar-refractivity contribution in [3.05, 3.63) is 182 Å². The third-order valence-corrected chi connectivity index (χ3v) is 10.0. The van der Waals surface area contributed by atoms with Crippen molar-refractivity contribution in [3.8, 4) is 16.8 Å². The van der Waals surface area contributed by atoms with Crippen molar-refractivity contribution >= 4 is 60.0 Å². The molecule has 3 heterocycles. The van der Waals surface area contributed by atoms with Gasteiger partial charge in [-0.25, -0.2) is 0 Å². The van der Waals surface area contributed by atoms with Gasteiger partial charge in [0, 0.05) is 32.8 Å². The van der Waals surface area contributed by atoms with Gasteiger partial charge in [0.1, 0.15) is 6.17 Å². The van der Waals surface area contributed by atoms with E-state index < -0.39 is 0 Å². The lowest BCUT2D eigenvalue weighted by molar-refractivity contribution is 0.594. The van der Waals surface area contributed by atoms with E-state index in [2.05, 4.69) is 191 Å². The lowest BCUT2D eigenvalue weighted by atomic mass is 10.0. The Morgan fingerprint density at radius 1 is 0.458 bits per heavy atom. The topological polar surface area (TPSA) is 21.9 Å². The third-order valence-electron chi connectivity index (χ3n) is 10.0. The summed E-state index contributed by atoms with van der Waals surface area (Å²) in [6, 6.07) is 57.3. The van der Waals surface area contributed by atoms with Gasteiger partial charge >= 0.3 is 0 Å². The highest BCUT2D eigenvalue weighted by molar-refractivity contribution is 6.28. The molecule has 1 atom stereocenters. The van der Waals surface area contributed by atoms with E-state index in [4.69, 9.17) is 0 Å². The smallest absolute Gasteiger partial charge is 0.130 e. The van der Waals surface area contributed by atoms with Crippen LogP contribution in [0.1, 0.15) is 11.7 Å². The van der Waals surface area contributed by atoms with Gasteiger partial charge in [-0.05, 0) is 82.2 Å². The quantitative estimate of drug-likeness (QED) is 0.210. The number of nitrogens with one attached hydrogen (secondary N) is 1. The summed E-state index contributed by atoms with van der Waals surface area (Å²) < 4.78 is 4.91. The molecule has 0 amide bonds. The molecule has 1 aliphatic heterocycles. The molecule has 0 bridgehead atoms. The number of nitrogens with zero attached hydrogens (tertiary/aromatic N) is 2. The zero-order valence-electron chi connectivity index (χ0n) is 26.2. The van der Waals surface area contributed by atoms with E-state index in [1.165, 1.54) is 76.6 Å². The number of allylic oxidation sites excluding steroid dienone is 2. The number of para-hydroxylation sites is 2. The summed E-state index contributed by atoms with van der Waals surface area (Å²) in [7, 11) is 0. The maximum atomic E-state index is 3.71. The van der Waals surface area contributed by atoms with Gasteiger partial charge in [0.15, 0.2) is 0 Å². The van der Waals surface area contributed by atoms with Gasteiger partial charge in [-0.1, -0.05) is 121 Å². The van der Waals surface area contributed by atoms with Crippen molar-refractivity contribution in [2.24, 2.45) is 0 Å². The fourth-order valence-electron chi connectivity index (χ4n) is 7.85. The van der Waals surface area contributed by atoms with Gasteiger partial charge in [0.25, 0.3) is 0 Å². The standard InChI is InChI=1S/C45H31N3/c1-2-12-32(13-3-1)36-17-10-28-46-45(36)48-40-19-9-7-16-38(40)44-42(48)27-26-41-43(44)37-15-6-8-18-39(37)47(41)35-24-22-31(23-25-35)34-21-20-30-11-4-5-14-33(30)29-34/h1-29,45-46H. The Kier molecular flexibility index (Phi) is 5.94. The van der Waals surface area contributed by atoms with Gasteiger partial charge in [-0.2, -0.15) is 0 Å². The van der Waals surface area contributed by atoms with Crippen molar-refractivity contribution in [1.29, 1.82) is 0 Å². The Morgan fingerprint density at radius 2 is 1.10 bits per heavy atom. The number of hydrogen-bond acceptors (Lipinski definition) is 1. The molecule has 0 saturated carbocycles. The van der Waals surface area contributed by atoms with Crippen LogP contribution >= 0.6 is 0 Å². The van der Waals surface area contributed by atoms with E-state index in [0.29, 0.717) is 0 Å². The first kappa shape index (κ1) is 26.9. The molecule has 1 aliphatic rings. The second-order valence-corrected chi connectivity index (χ2v) is 12.6. The van der Waals surface area contributed by atoms with Crippen LogP contribution in [-0.4, -0.2) is 9.13 Å². The molecule has 3 heteroatoms. The number of fused-ring (bicyclic) bond motifs is 8. The Hall–Kier alpha value is -6.32. The minimum atomic E-state index is -0.0479. The molecule has 0 saturated heterocycles. The monoisotopic (exact) mass is 613 g/mol. The molecule has 0 spiro atoms. The summed E-state index contributed by atoms with van der Waals surface area (Å²) in [5.41, 5.74) is 10.9. The Morgan fingerprint density at radius 3 is 1.94 bits per heavy atom. The van der Waals surface area contributed by atoms with Gasteiger partial charge in [-0.3, -0.25) is 0 Å². The predicted octanol–water partition coefficient (Wildman–Crippen LogP) is 11.4. The summed E-state index contributed by atoms with van der Waals surface area (Å²) in [5.74, 6) is 0. The molecule has 2 aromatic heterocycles. The molecule has 0 fully saturated rings. The molecule has 1 unspecified atom stereocenters. The molecule has 226 valence electrons. The average Bonchev–Trinajstić information content (AvgIpc) is 3.68. The van der Waals surface area contributed by atoms with Crippen LogP contribution in [0.2, 0.25) is 0 Å². The van der Waals surface area contributed by atoms with Gasteiger partial charge in [-0.15, -0.1) is 0 Å².